The number of hydrogen-bond donors (Lipinski definition) is 1. The molecule has 142 valence electrons. The van der Waals surface area contributed by atoms with Crippen LogP contribution in [0.2, 0.25) is 0 Å². The average Bonchev–Trinajstić information content (AvgIpc) is 2.65. The molecule has 3 atom stereocenters. The van der Waals surface area contributed by atoms with Crippen molar-refractivity contribution in [3.63, 3.8) is 0 Å². The number of phenolic OH excluding ortho intramolecular Hbond substituents is 1. The van der Waals surface area contributed by atoms with Gasteiger partial charge >= 0.3 is 0 Å². The number of phenols is 1. The number of methoxy groups -OCH3 is 1. The van der Waals surface area contributed by atoms with E-state index >= 15 is 0 Å². The third kappa shape index (κ3) is 2.71. The number of aromatic hydroxyl groups is 1. The molecule has 0 fully saturated rings. The first-order valence-electron chi connectivity index (χ1n) is 8.83. The summed E-state index contributed by atoms with van der Waals surface area (Å²) in [7, 11) is 1.48. The Balaban J connectivity index is 2.33. The molecule has 5 heteroatoms. The second-order valence-electron chi connectivity index (χ2n) is 7.40. The van der Waals surface area contributed by atoms with Crippen molar-refractivity contribution in [1.29, 1.82) is 0 Å². The zero-order chi connectivity index (χ0) is 20.1. The average molecular weight is 431 g/mol. The van der Waals surface area contributed by atoms with Crippen LogP contribution in [0.15, 0.2) is 52.1 Å². The van der Waals surface area contributed by atoms with Crippen LogP contribution < -0.4 is 4.74 Å². The van der Waals surface area contributed by atoms with Gasteiger partial charge < -0.3 is 9.84 Å². The highest BCUT2D eigenvalue weighted by Gasteiger charge is 2.56. The SMILES string of the molecule is C=CC1=CCC2C(=O)C(C)=C(C)C(=O)C2(C)C1c1cc(Br)cc(OC)c1O. The van der Waals surface area contributed by atoms with E-state index in [-0.39, 0.29) is 17.3 Å². The number of Topliss-reactive ketones (excluding diaryl/α,β-unsaturated/α-hetero) is 2. The molecule has 4 nitrogen and oxygen atoms in total. The summed E-state index contributed by atoms with van der Waals surface area (Å²) in [5.74, 6) is -0.733. The summed E-state index contributed by atoms with van der Waals surface area (Å²) in [6.45, 7) is 9.16. The van der Waals surface area contributed by atoms with Crippen LogP contribution >= 0.6 is 15.9 Å². The smallest absolute Gasteiger partial charge is 0.166 e. The quantitative estimate of drug-likeness (QED) is 0.742. The third-order valence-corrected chi connectivity index (χ3v) is 6.62. The van der Waals surface area contributed by atoms with Gasteiger partial charge in [0.2, 0.25) is 0 Å². The summed E-state index contributed by atoms with van der Waals surface area (Å²) in [5.41, 5.74) is 1.41. The summed E-state index contributed by atoms with van der Waals surface area (Å²) < 4.78 is 6.02. The number of rotatable bonds is 3. The summed E-state index contributed by atoms with van der Waals surface area (Å²) in [4.78, 5) is 26.4. The standard InChI is InChI=1S/C22H23BrO4/c1-6-13-7-8-16-19(24)11(2)12(3)21(26)22(16,4)18(13)15-9-14(23)10-17(27-5)20(15)25/h6-7,9-10,16,18,25H,1,8H2,2-5H3. The zero-order valence-corrected chi connectivity index (χ0v) is 17.5. The van der Waals surface area contributed by atoms with Crippen molar-refractivity contribution in [3.8, 4) is 11.5 Å². The largest absolute Gasteiger partial charge is 0.504 e. The Morgan fingerprint density at radius 1 is 1.30 bits per heavy atom. The van der Waals surface area contributed by atoms with Crippen LogP contribution in [0.4, 0.5) is 0 Å². The highest BCUT2D eigenvalue weighted by molar-refractivity contribution is 9.10. The Morgan fingerprint density at radius 3 is 2.56 bits per heavy atom. The second kappa shape index (κ2) is 6.79. The van der Waals surface area contributed by atoms with Crippen molar-refractivity contribution in [2.24, 2.45) is 11.3 Å². The number of benzene rings is 1. The summed E-state index contributed by atoms with van der Waals surface area (Å²) in [6.07, 6.45) is 4.14. The van der Waals surface area contributed by atoms with Crippen molar-refractivity contribution < 1.29 is 19.4 Å². The van der Waals surface area contributed by atoms with Crippen molar-refractivity contribution in [3.05, 3.63) is 57.6 Å². The maximum atomic E-state index is 13.4. The van der Waals surface area contributed by atoms with Gasteiger partial charge in [0.05, 0.1) is 12.5 Å². The molecule has 0 aromatic heterocycles. The Bertz CT molecular complexity index is 924. The van der Waals surface area contributed by atoms with E-state index < -0.39 is 17.3 Å². The lowest BCUT2D eigenvalue weighted by atomic mass is 9.52. The molecular weight excluding hydrogens is 408 g/mol. The molecule has 2 aliphatic rings. The second-order valence-corrected chi connectivity index (χ2v) is 8.32. The first-order valence-corrected chi connectivity index (χ1v) is 9.63. The number of ether oxygens (including phenoxy) is 1. The normalized spacial score (nSPS) is 28.0. The highest BCUT2D eigenvalue weighted by atomic mass is 79.9. The minimum Gasteiger partial charge on any atom is -0.504 e. The molecule has 0 amide bonds. The molecule has 1 N–H and O–H groups in total. The van der Waals surface area contributed by atoms with Crippen LogP contribution in [0.25, 0.3) is 0 Å². The molecule has 27 heavy (non-hydrogen) atoms. The highest BCUT2D eigenvalue weighted by Crippen LogP contribution is 2.58. The van der Waals surface area contributed by atoms with Gasteiger partial charge in [0.15, 0.2) is 23.1 Å². The van der Waals surface area contributed by atoms with E-state index in [1.54, 1.807) is 32.1 Å². The first-order chi connectivity index (χ1) is 12.7. The van der Waals surface area contributed by atoms with E-state index in [1.807, 2.05) is 13.0 Å². The summed E-state index contributed by atoms with van der Waals surface area (Å²) in [6, 6.07) is 3.45. The van der Waals surface area contributed by atoms with Crippen LogP contribution in [0.1, 0.15) is 38.7 Å². The maximum Gasteiger partial charge on any atom is 0.166 e. The van der Waals surface area contributed by atoms with E-state index in [4.69, 9.17) is 4.74 Å². The van der Waals surface area contributed by atoms with Crippen LogP contribution in [-0.4, -0.2) is 23.8 Å². The summed E-state index contributed by atoms with van der Waals surface area (Å²) in [5, 5.41) is 10.8. The Kier molecular flexibility index (Phi) is 4.93. The van der Waals surface area contributed by atoms with E-state index in [9.17, 15) is 14.7 Å². The van der Waals surface area contributed by atoms with Crippen LogP contribution in [0.3, 0.4) is 0 Å². The Morgan fingerprint density at radius 2 is 1.96 bits per heavy atom. The third-order valence-electron chi connectivity index (χ3n) is 6.16. The molecule has 0 aliphatic heterocycles. The lowest BCUT2D eigenvalue weighted by Gasteiger charge is -2.48. The van der Waals surface area contributed by atoms with E-state index in [2.05, 4.69) is 22.5 Å². The van der Waals surface area contributed by atoms with Crippen molar-refractivity contribution in [2.75, 3.05) is 7.11 Å². The number of carbonyl (C=O) groups excluding carboxylic acids is 2. The van der Waals surface area contributed by atoms with Crippen molar-refractivity contribution in [2.45, 2.75) is 33.1 Å². The van der Waals surface area contributed by atoms with E-state index in [0.29, 0.717) is 28.9 Å². The van der Waals surface area contributed by atoms with Gasteiger partial charge in [-0.15, -0.1) is 0 Å². The van der Waals surface area contributed by atoms with Gasteiger partial charge in [0, 0.05) is 21.9 Å². The molecule has 0 spiro atoms. The molecule has 0 heterocycles. The topological polar surface area (TPSA) is 63.6 Å². The molecule has 1 aromatic rings. The fraction of sp³-hybridized carbons (Fsp3) is 0.364. The zero-order valence-electron chi connectivity index (χ0n) is 15.9. The van der Waals surface area contributed by atoms with E-state index in [0.717, 1.165) is 10.0 Å². The van der Waals surface area contributed by atoms with Crippen molar-refractivity contribution >= 4 is 27.5 Å². The van der Waals surface area contributed by atoms with Gasteiger partial charge in [-0.1, -0.05) is 41.6 Å². The minimum atomic E-state index is -0.998. The molecule has 1 aromatic carbocycles. The van der Waals surface area contributed by atoms with Crippen LogP contribution in [-0.2, 0) is 9.59 Å². The van der Waals surface area contributed by atoms with Gasteiger partial charge in [-0.05, 0) is 49.1 Å². The number of ketones is 2. The molecule has 0 radical (unpaired) electrons. The Labute approximate surface area is 167 Å². The summed E-state index contributed by atoms with van der Waals surface area (Å²) >= 11 is 3.45. The van der Waals surface area contributed by atoms with Gasteiger partial charge in [-0.25, -0.2) is 0 Å². The fourth-order valence-corrected chi connectivity index (χ4v) is 4.98. The number of allylic oxidation sites excluding steroid dienone is 5. The molecule has 3 rings (SSSR count). The first kappa shape index (κ1) is 19.6. The number of fused-ring (bicyclic) bond motifs is 1. The number of carbonyl (C=O) groups is 2. The molecule has 0 bridgehead atoms. The Hall–Kier alpha value is -2.14. The predicted molar refractivity (Wildman–Crippen MR) is 108 cm³/mol. The fourth-order valence-electron chi connectivity index (χ4n) is 4.53. The van der Waals surface area contributed by atoms with E-state index in [1.165, 1.54) is 7.11 Å². The van der Waals surface area contributed by atoms with Gasteiger partial charge in [-0.3, -0.25) is 9.59 Å². The van der Waals surface area contributed by atoms with Gasteiger partial charge in [0.1, 0.15) is 0 Å². The maximum absolute atomic E-state index is 13.4. The number of halogens is 1. The molecule has 0 saturated carbocycles. The number of hydrogen-bond acceptors (Lipinski definition) is 4. The molecule has 0 saturated heterocycles. The predicted octanol–water partition coefficient (Wildman–Crippen LogP) is 4.87. The van der Waals surface area contributed by atoms with Gasteiger partial charge in [0.25, 0.3) is 0 Å². The lowest BCUT2D eigenvalue weighted by Crippen LogP contribution is -2.50. The monoisotopic (exact) mass is 430 g/mol. The molecular formula is C22H23BrO4. The lowest BCUT2D eigenvalue weighted by molar-refractivity contribution is -0.138. The van der Waals surface area contributed by atoms with Gasteiger partial charge in [-0.2, -0.15) is 0 Å². The molecule has 2 aliphatic carbocycles. The van der Waals surface area contributed by atoms with Crippen LogP contribution in [0.5, 0.6) is 11.5 Å². The van der Waals surface area contributed by atoms with Crippen molar-refractivity contribution in [1.82, 2.24) is 0 Å². The minimum absolute atomic E-state index is 0.000383. The van der Waals surface area contributed by atoms with Crippen LogP contribution in [0, 0.1) is 11.3 Å². The molecule has 3 unspecified atom stereocenters.